The molecule has 136 valence electrons. The van der Waals surface area contributed by atoms with Crippen molar-refractivity contribution in [3.8, 4) is 5.75 Å². The van der Waals surface area contributed by atoms with Crippen LogP contribution in [0.25, 0.3) is 6.08 Å². The van der Waals surface area contributed by atoms with Gasteiger partial charge in [0.25, 0.3) is 5.91 Å². The molecule has 0 spiro atoms. The van der Waals surface area contributed by atoms with Gasteiger partial charge in [0.2, 0.25) is 0 Å². The van der Waals surface area contributed by atoms with Gasteiger partial charge in [-0.25, -0.2) is 4.79 Å². The molecule has 0 aliphatic carbocycles. The van der Waals surface area contributed by atoms with Crippen molar-refractivity contribution >= 4 is 29.6 Å². The molecule has 2 aromatic rings. The largest absolute Gasteiger partial charge is 0.493 e. The molecular weight excluding hydrogens is 354 g/mol. The number of carbonyl (C=O) groups is 2. The summed E-state index contributed by atoms with van der Waals surface area (Å²) in [7, 11) is 0. The fraction of sp³-hybridized carbons (Fsp3) is 0.200. The van der Waals surface area contributed by atoms with E-state index < -0.39 is 11.9 Å². The number of nitrogens with one attached hydrogen (secondary N) is 1. The lowest BCUT2D eigenvalue weighted by atomic mass is 10.1. The maximum absolute atomic E-state index is 12.3. The molecule has 2 rings (SSSR count). The highest BCUT2D eigenvalue weighted by Gasteiger charge is 2.13. The highest BCUT2D eigenvalue weighted by atomic mass is 35.5. The molecule has 0 atom stereocenters. The van der Waals surface area contributed by atoms with Gasteiger partial charge in [0.15, 0.2) is 0 Å². The van der Waals surface area contributed by atoms with Crippen LogP contribution < -0.4 is 10.1 Å². The van der Waals surface area contributed by atoms with Gasteiger partial charge < -0.3 is 15.2 Å². The van der Waals surface area contributed by atoms with E-state index >= 15 is 0 Å². The van der Waals surface area contributed by atoms with Gasteiger partial charge >= 0.3 is 5.97 Å². The van der Waals surface area contributed by atoms with Crippen molar-refractivity contribution in [2.45, 2.75) is 13.8 Å². The SMILES string of the molecule is CC(C)COc1ccc(C(=O)N/C(=C/c2ccc(Cl)cc2)C(=O)O)cc1. The minimum absolute atomic E-state index is 0.225. The summed E-state index contributed by atoms with van der Waals surface area (Å²) in [5.41, 5.74) is 0.729. The highest BCUT2D eigenvalue weighted by Crippen LogP contribution is 2.15. The van der Waals surface area contributed by atoms with Gasteiger partial charge in [0, 0.05) is 10.6 Å². The number of halogens is 1. The summed E-state index contributed by atoms with van der Waals surface area (Å²) in [6.45, 7) is 4.67. The predicted octanol–water partition coefficient (Wildman–Crippen LogP) is 4.23. The molecule has 1 amide bonds. The minimum atomic E-state index is -1.23. The first-order valence-corrected chi connectivity index (χ1v) is 8.47. The monoisotopic (exact) mass is 373 g/mol. The van der Waals surface area contributed by atoms with E-state index in [2.05, 4.69) is 5.32 Å². The number of hydrogen-bond acceptors (Lipinski definition) is 3. The number of aliphatic carboxylic acids is 1. The average Bonchev–Trinajstić information content (AvgIpc) is 2.61. The topological polar surface area (TPSA) is 75.6 Å². The number of carboxylic acid groups (broad SMARTS) is 1. The molecule has 0 heterocycles. The van der Waals surface area contributed by atoms with Crippen molar-refractivity contribution in [1.29, 1.82) is 0 Å². The number of rotatable bonds is 7. The first-order chi connectivity index (χ1) is 12.3. The Morgan fingerprint density at radius 2 is 1.73 bits per heavy atom. The van der Waals surface area contributed by atoms with Crippen LogP contribution in [0.15, 0.2) is 54.2 Å². The molecule has 0 aromatic heterocycles. The standard InChI is InChI=1S/C20H20ClNO4/c1-13(2)12-26-17-9-5-15(6-10-17)19(23)22-18(20(24)25)11-14-3-7-16(21)8-4-14/h3-11,13H,12H2,1-2H3,(H,22,23)(H,24,25)/b18-11+. The third-order valence-electron chi connectivity index (χ3n) is 3.36. The average molecular weight is 374 g/mol. The fourth-order valence-corrected chi connectivity index (χ4v) is 2.16. The summed E-state index contributed by atoms with van der Waals surface area (Å²) < 4.78 is 5.56. The number of carbonyl (C=O) groups excluding carboxylic acids is 1. The molecule has 0 unspecified atom stereocenters. The van der Waals surface area contributed by atoms with E-state index in [1.165, 1.54) is 6.08 Å². The lowest BCUT2D eigenvalue weighted by Gasteiger charge is -2.10. The third-order valence-corrected chi connectivity index (χ3v) is 3.61. The second-order valence-corrected chi connectivity index (χ2v) is 6.53. The van der Waals surface area contributed by atoms with E-state index in [1.54, 1.807) is 48.5 Å². The first kappa shape index (κ1) is 19.5. The van der Waals surface area contributed by atoms with Crippen molar-refractivity contribution in [2.24, 2.45) is 5.92 Å². The molecule has 6 heteroatoms. The molecule has 26 heavy (non-hydrogen) atoms. The number of benzene rings is 2. The molecule has 0 bridgehead atoms. The molecule has 0 aliphatic rings. The van der Waals surface area contributed by atoms with E-state index in [0.29, 0.717) is 34.4 Å². The lowest BCUT2D eigenvalue weighted by Crippen LogP contribution is -2.27. The maximum Gasteiger partial charge on any atom is 0.352 e. The van der Waals surface area contributed by atoms with Crippen molar-refractivity contribution in [2.75, 3.05) is 6.61 Å². The van der Waals surface area contributed by atoms with E-state index in [4.69, 9.17) is 16.3 Å². The van der Waals surface area contributed by atoms with E-state index in [1.807, 2.05) is 13.8 Å². The van der Waals surface area contributed by atoms with Gasteiger partial charge in [0.05, 0.1) is 6.61 Å². The summed E-state index contributed by atoms with van der Waals surface area (Å²) in [4.78, 5) is 23.7. The zero-order valence-electron chi connectivity index (χ0n) is 14.5. The normalized spacial score (nSPS) is 11.3. The molecular formula is C20H20ClNO4. The van der Waals surface area contributed by atoms with Gasteiger partial charge in [-0.2, -0.15) is 0 Å². The van der Waals surface area contributed by atoms with Crippen LogP contribution in [0.4, 0.5) is 0 Å². The number of ether oxygens (including phenoxy) is 1. The van der Waals surface area contributed by atoms with Gasteiger partial charge in [-0.3, -0.25) is 4.79 Å². The zero-order valence-corrected chi connectivity index (χ0v) is 15.3. The smallest absolute Gasteiger partial charge is 0.352 e. The van der Waals surface area contributed by atoms with Crippen LogP contribution in [0.2, 0.25) is 5.02 Å². The van der Waals surface area contributed by atoms with Crippen molar-refractivity contribution in [3.63, 3.8) is 0 Å². The maximum atomic E-state index is 12.3. The lowest BCUT2D eigenvalue weighted by molar-refractivity contribution is -0.132. The molecule has 0 aliphatic heterocycles. The van der Waals surface area contributed by atoms with Crippen molar-refractivity contribution in [3.05, 3.63) is 70.4 Å². The molecule has 0 fully saturated rings. The quantitative estimate of drug-likeness (QED) is 0.712. The summed E-state index contributed by atoms with van der Waals surface area (Å²) in [6, 6.07) is 13.2. The van der Waals surface area contributed by atoms with Crippen molar-refractivity contribution in [1.82, 2.24) is 5.32 Å². The second kappa shape index (κ2) is 9.06. The van der Waals surface area contributed by atoms with Crippen LogP contribution in [-0.2, 0) is 4.79 Å². The highest BCUT2D eigenvalue weighted by molar-refractivity contribution is 6.30. The Balaban J connectivity index is 2.10. The van der Waals surface area contributed by atoms with Gasteiger partial charge in [-0.15, -0.1) is 0 Å². The van der Waals surface area contributed by atoms with E-state index in [9.17, 15) is 14.7 Å². The molecule has 0 radical (unpaired) electrons. The molecule has 0 saturated heterocycles. The molecule has 2 aromatic carbocycles. The Bertz CT molecular complexity index is 796. The van der Waals surface area contributed by atoms with E-state index in [-0.39, 0.29) is 5.70 Å². The van der Waals surface area contributed by atoms with Crippen LogP contribution in [0.1, 0.15) is 29.8 Å². The summed E-state index contributed by atoms with van der Waals surface area (Å²) in [5.74, 6) is -0.687. The summed E-state index contributed by atoms with van der Waals surface area (Å²) in [6.07, 6.45) is 1.37. The number of hydrogen-bond donors (Lipinski definition) is 2. The van der Waals surface area contributed by atoms with Gasteiger partial charge in [-0.05, 0) is 54.0 Å². The van der Waals surface area contributed by atoms with Crippen LogP contribution in [0, 0.1) is 5.92 Å². The molecule has 2 N–H and O–H groups in total. The van der Waals surface area contributed by atoms with Gasteiger partial charge in [-0.1, -0.05) is 37.6 Å². The molecule has 0 saturated carbocycles. The zero-order chi connectivity index (χ0) is 19.1. The Morgan fingerprint density at radius 1 is 1.12 bits per heavy atom. The Hall–Kier alpha value is -2.79. The minimum Gasteiger partial charge on any atom is -0.493 e. The van der Waals surface area contributed by atoms with Crippen molar-refractivity contribution < 1.29 is 19.4 Å². The van der Waals surface area contributed by atoms with Crippen LogP contribution in [0.3, 0.4) is 0 Å². The fourth-order valence-electron chi connectivity index (χ4n) is 2.04. The molecule has 5 nitrogen and oxygen atoms in total. The Morgan fingerprint density at radius 3 is 2.27 bits per heavy atom. The summed E-state index contributed by atoms with van der Waals surface area (Å²) in [5, 5.41) is 12.3. The predicted molar refractivity (Wildman–Crippen MR) is 101 cm³/mol. The second-order valence-electron chi connectivity index (χ2n) is 6.10. The Labute approximate surface area is 157 Å². The third kappa shape index (κ3) is 5.93. The Kier molecular flexibility index (Phi) is 6.81. The number of amides is 1. The van der Waals surface area contributed by atoms with Crippen LogP contribution in [0.5, 0.6) is 5.75 Å². The van der Waals surface area contributed by atoms with Gasteiger partial charge in [0.1, 0.15) is 11.4 Å². The first-order valence-electron chi connectivity index (χ1n) is 8.10. The summed E-state index contributed by atoms with van der Waals surface area (Å²) >= 11 is 5.81. The number of carboxylic acids is 1. The van der Waals surface area contributed by atoms with Crippen LogP contribution in [-0.4, -0.2) is 23.6 Å². The van der Waals surface area contributed by atoms with Crippen LogP contribution >= 0.6 is 11.6 Å². The van der Waals surface area contributed by atoms with E-state index in [0.717, 1.165) is 0 Å².